The van der Waals surface area contributed by atoms with Crippen molar-refractivity contribution in [1.29, 1.82) is 0 Å². The average Bonchev–Trinajstić information content (AvgIpc) is 3.07. The Kier molecular flexibility index (Phi) is 4.33. The lowest BCUT2D eigenvalue weighted by molar-refractivity contribution is -0.384. The summed E-state index contributed by atoms with van der Waals surface area (Å²) in [6.07, 6.45) is 0. The summed E-state index contributed by atoms with van der Waals surface area (Å²) in [6.45, 7) is 1.75. The van der Waals surface area contributed by atoms with Gasteiger partial charge in [0.15, 0.2) is 5.43 Å². The summed E-state index contributed by atoms with van der Waals surface area (Å²) in [5.41, 5.74) is 0.239. The van der Waals surface area contributed by atoms with E-state index in [-0.39, 0.29) is 33.8 Å². The van der Waals surface area contributed by atoms with Crippen LogP contribution in [0.15, 0.2) is 69.9 Å². The Morgan fingerprint density at radius 1 is 1.09 bits per heavy atom. The number of nitro benzene ring substituents is 1. The highest BCUT2D eigenvalue weighted by atomic mass is 19.1. The third kappa shape index (κ3) is 2.94. The quantitative estimate of drug-likeness (QED) is 0.354. The summed E-state index contributed by atoms with van der Waals surface area (Å²) >= 11 is 0. The molecule has 5 rings (SSSR count). The number of aryl methyl sites for hydroxylation is 1. The Bertz CT molecular complexity index is 1500. The van der Waals surface area contributed by atoms with Crippen molar-refractivity contribution in [2.45, 2.75) is 13.0 Å². The van der Waals surface area contributed by atoms with Crippen molar-refractivity contribution in [2.75, 3.05) is 4.90 Å². The third-order valence-electron chi connectivity index (χ3n) is 5.35. The van der Waals surface area contributed by atoms with Crippen LogP contribution in [0.1, 0.15) is 33.4 Å². The predicted molar refractivity (Wildman–Crippen MR) is 113 cm³/mol. The van der Waals surface area contributed by atoms with Crippen molar-refractivity contribution in [1.82, 2.24) is 4.98 Å². The number of rotatable bonds is 3. The van der Waals surface area contributed by atoms with E-state index in [1.165, 1.54) is 29.2 Å². The second kappa shape index (κ2) is 7.09. The fraction of sp³-hybridized carbons (Fsp3) is 0.0870. The van der Waals surface area contributed by atoms with Crippen LogP contribution in [0.3, 0.4) is 0 Å². The first-order valence-corrected chi connectivity index (χ1v) is 9.63. The standard InChI is InChI=1S/C23H14FN3O5/c1-12-4-2-7-18(25-12)26-20(13-5-3-6-15(10-13)27(30)31)19-21(28)16-11-14(24)8-9-17(16)32-22(19)23(26)29/h2-11,20H,1H3. The Balaban J connectivity index is 1.83. The zero-order valence-electron chi connectivity index (χ0n) is 16.6. The van der Waals surface area contributed by atoms with Gasteiger partial charge in [0.2, 0.25) is 5.76 Å². The summed E-state index contributed by atoms with van der Waals surface area (Å²) in [4.78, 5) is 43.3. The fourth-order valence-corrected chi connectivity index (χ4v) is 3.97. The van der Waals surface area contributed by atoms with Crippen molar-refractivity contribution in [3.05, 3.63) is 109 Å². The van der Waals surface area contributed by atoms with E-state index in [1.807, 2.05) is 0 Å². The largest absolute Gasteiger partial charge is 0.450 e. The molecule has 1 unspecified atom stereocenters. The lowest BCUT2D eigenvalue weighted by atomic mass is 9.98. The molecule has 1 amide bonds. The summed E-state index contributed by atoms with van der Waals surface area (Å²) in [5, 5.41) is 11.3. The number of aromatic nitrogens is 1. The van der Waals surface area contributed by atoms with Crippen LogP contribution in [0, 0.1) is 22.9 Å². The molecule has 158 valence electrons. The topological polar surface area (TPSA) is 107 Å². The van der Waals surface area contributed by atoms with Gasteiger partial charge < -0.3 is 4.42 Å². The molecule has 0 saturated heterocycles. The Morgan fingerprint density at radius 3 is 2.62 bits per heavy atom. The molecule has 2 aromatic heterocycles. The minimum Gasteiger partial charge on any atom is -0.450 e. The zero-order chi connectivity index (χ0) is 22.6. The molecule has 2 aromatic carbocycles. The van der Waals surface area contributed by atoms with Crippen molar-refractivity contribution < 1.29 is 18.5 Å². The number of benzene rings is 2. The van der Waals surface area contributed by atoms with Gasteiger partial charge in [-0.15, -0.1) is 0 Å². The first-order chi connectivity index (χ1) is 15.3. The maximum atomic E-state index is 13.9. The van der Waals surface area contributed by atoms with Crippen LogP contribution in [0.2, 0.25) is 0 Å². The molecular weight excluding hydrogens is 417 g/mol. The molecule has 8 nitrogen and oxygen atoms in total. The number of anilines is 1. The predicted octanol–water partition coefficient (Wildman–Crippen LogP) is 4.29. The average molecular weight is 431 g/mol. The number of amides is 1. The maximum Gasteiger partial charge on any atom is 0.296 e. The van der Waals surface area contributed by atoms with Crippen molar-refractivity contribution in [3.63, 3.8) is 0 Å². The molecule has 1 atom stereocenters. The van der Waals surface area contributed by atoms with Gasteiger partial charge in [-0.3, -0.25) is 24.6 Å². The smallest absolute Gasteiger partial charge is 0.296 e. The molecule has 3 heterocycles. The summed E-state index contributed by atoms with van der Waals surface area (Å²) in [5.74, 6) is -1.18. The SMILES string of the molecule is Cc1cccc(N2C(=O)c3oc4ccc(F)cc4c(=O)c3C2c2cccc([N+](=O)[O-])c2)n1. The van der Waals surface area contributed by atoms with Gasteiger partial charge in [-0.25, -0.2) is 9.37 Å². The molecule has 9 heteroatoms. The molecule has 1 aliphatic rings. The highest BCUT2D eigenvalue weighted by Gasteiger charge is 2.44. The summed E-state index contributed by atoms with van der Waals surface area (Å²) < 4.78 is 19.6. The third-order valence-corrected chi connectivity index (χ3v) is 5.35. The first kappa shape index (κ1) is 19.6. The lowest BCUT2D eigenvalue weighted by Crippen LogP contribution is -2.30. The van der Waals surface area contributed by atoms with Crippen LogP contribution >= 0.6 is 0 Å². The molecule has 1 aliphatic heterocycles. The molecule has 32 heavy (non-hydrogen) atoms. The van der Waals surface area contributed by atoms with Crippen LogP contribution in [-0.2, 0) is 0 Å². The number of hydrogen-bond acceptors (Lipinski definition) is 6. The van der Waals surface area contributed by atoms with Gasteiger partial charge in [0, 0.05) is 17.8 Å². The zero-order valence-corrected chi connectivity index (χ0v) is 16.6. The van der Waals surface area contributed by atoms with Crippen molar-refractivity contribution in [2.24, 2.45) is 0 Å². The van der Waals surface area contributed by atoms with Gasteiger partial charge in [0.25, 0.3) is 11.6 Å². The minimum absolute atomic E-state index is 0.0168. The molecule has 0 bridgehead atoms. The normalized spacial score (nSPS) is 15.2. The number of fused-ring (bicyclic) bond motifs is 2. The summed E-state index contributed by atoms with van der Waals surface area (Å²) in [6, 6.07) is 13.2. The van der Waals surface area contributed by atoms with Crippen molar-refractivity contribution >= 4 is 28.4 Å². The molecule has 0 N–H and O–H groups in total. The Labute approximate surface area is 179 Å². The van der Waals surface area contributed by atoms with Crippen LogP contribution in [0.5, 0.6) is 0 Å². The van der Waals surface area contributed by atoms with E-state index in [0.717, 1.165) is 12.1 Å². The highest BCUT2D eigenvalue weighted by Crippen LogP contribution is 2.41. The Hall–Kier alpha value is -4.40. The second-order valence-electron chi connectivity index (χ2n) is 7.38. The van der Waals surface area contributed by atoms with E-state index in [2.05, 4.69) is 4.98 Å². The van der Waals surface area contributed by atoms with Crippen LogP contribution < -0.4 is 10.3 Å². The molecule has 0 spiro atoms. The maximum absolute atomic E-state index is 13.9. The Morgan fingerprint density at radius 2 is 1.88 bits per heavy atom. The molecular formula is C23H14FN3O5. The van der Waals surface area contributed by atoms with Gasteiger partial charge in [-0.1, -0.05) is 18.2 Å². The van der Waals surface area contributed by atoms with Crippen LogP contribution in [0.25, 0.3) is 11.0 Å². The number of hydrogen-bond donors (Lipinski definition) is 0. The van der Waals surface area contributed by atoms with E-state index < -0.39 is 28.1 Å². The van der Waals surface area contributed by atoms with Gasteiger partial charge in [-0.05, 0) is 42.8 Å². The van der Waals surface area contributed by atoms with Gasteiger partial charge in [0.05, 0.1) is 21.9 Å². The van der Waals surface area contributed by atoms with E-state index in [4.69, 9.17) is 4.42 Å². The number of carbonyl (C=O) groups excluding carboxylic acids is 1. The number of non-ortho nitro benzene ring substituents is 1. The second-order valence-corrected chi connectivity index (χ2v) is 7.38. The molecule has 4 aromatic rings. The molecule has 0 saturated carbocycles. The van der Waals surface area contributed by atoms with Gasteiger partial charge >= 0.3 is 0 Å². The monoisotopic (exact) mass is 431 g/mol. The number of nitro groups is 1. The van der Waals surface area contributed by atoms with Crippen LogP contribution in [0.4, 0.5) is 15.9 Å². The summed E-state index contributed by atoms with van der Waals surface area (Å²) in [7, 11) is 0. The fourth-order valence-electron chi connectivity index (χ4n) is 3.97. The highest BCUT2D eigenvalue weighted by molar-refractivity contribution is 6.10. The number of pyridine rings is 1. The molecule has 0 radical (unpaired) electrons. The first-order valence-electron chi connectivity index (χ1n) is 9.63. The number of nitrogens with zero attached hydrogens (tertiary/aromatic N) is 3. The minimum atomic E-state index is -1.03. The lowest BCUT2D eigenvalue weighted by Gasteiger charge is -2.24. The molecule has 0 aliphatic carbocycles. The van der Waals surface area contributed by atoms with Crippen LogP contribution in [-0.4, -0.2) is 15.8 Å². The van der Waals surface area contributed by atoms with Crippen molar-refractivity contribution in [3.8, 4) is 0 Å². The van der Waals surface area contributed by atoms with Gasteiger partial charge in [-0.2, -0.15) is 0 Å². The van der Waals surface area contributed by atoms with E-state index in [0.29, 0.717) is 11.3 Å². The van der Waals surface area contributed by atoms with E-state index in [1.54, 1.807) is 31.2 Å². The van der Waals surface area contributed by atoms with Gasteiger partial charge in [0.1, 0.15) is 17.2 Å². The van der Waals surface area contributed by atoms with E-state index >= 15 is 0 Å². The number of halogens is 1. The number of carbonyl (C=O) groups is 1. The van der Waals surface area contributed by atoms with E-state index in [9.17, 15) is 24.1 Å². The molecule has 0 fully saturated rings.